The summed E-state index contributed by atoms with van der Waals surface area (Å²) in [5.41, 5.74) is 3.48. The number of carboxylic acid groups (broad SMARTS) is 1. The Morgan fingerprint density at radius 3 is 2.41 bits per heavy atom. The average Bonchev–Trinajstić information content (AvgIpc) is 2.19. The molecule has 0 saturated carbocycles. The van der Waals surface area contributed by atoms with E-state index in [0.717, 1.165) is 6.07 Å². The van der Waals surface area contributed by atoms with Crippen LogP contribution in [-0.4, -0.2) is 17.6 Å². The van der Waals surface area contributed by atoms with Gasteiger partial charge in [-0.25, -0.2) is 4.39 Å². The maximum absolute atomic E-state index is 12.9. The van der Waals surface area contributed by atoms with Crippen LogP contribution in [0, 0.1) is 5.82 Å². The summed E-state index contributed by atoms with van der Waals surface area (Å²) in [6.45, 7) is -0.363. The van der Waals surface area contributed by atoms with Gasteiger partial charge in [-0.3, -0.25) is 4.79 Å². The van der Waals surface area contributed by atoms with Crippen molar-refractivity contribution < 1.29 is 27.5 Å². The summed E-state index contributed by atoms with van der Waals surface area (Å²) in [5.74, 6) is -4.08. The Kier molecular flexibility index (Phi) is 3.72. The molecule has 0 bridgehead atoms. The third-order valence-corrected chi connectivity index (χ3v) is 2.23. The van der Waals surface area contributed by atoms with E-state index in [1.165, 1.54) is 0 Å². The van der Waals surface area contributed by atoms with Gasteiger partial charge in [-0.05, 0) is 17.7 Å². The van der Waals surface area contributed by atoms with Crippen molar-refractivity contribution in [1.29, 1.82) is 0 Å². The molecule has 0 aliphatic carbocycles. The Morgan fingerprint density at radius 1 is 1.41 bits per heavy atom. The van der Waals surface area contributed by atoms with Crippen LogP contribution in [0.2, 0.25) is 0 Å². The summed E-state index contributed by atoms with van der Waals surface area (Å²) in [5, 5.41) is 8.73. The lowest BCUT2D eigenvalue weighted by molar-refractivity contribution is -0.141. The molecule has 1 aromatic carbocycles. The second kappa shape index (κ2) is 4.70. The number of benzene rings is 1. The maximum atomic E-state index is 12.9. The van der Waals surface area contributed by atoms with E-state index in [2.05, 4.69) is 0 Å². The van der Waals surface area contributed by atoms with Crippen LogP contribution in [0.1, 0.15) is 17.0 Å². The number of aliphatic carboxylic acids is 1. The summed E-state index contributed by atoms with van der Waals surface area (Å²) in [6, 6.07) is 2.04. The van der Waals surface area contributed by atoms with Crippen molar-refractivity contribution >= 4 is 5.97 Å². The molecule has 1 rings (SSSR count). The standard InChI is InChI=1S/C10H9F4NO2/c11-8-2-1-5(6(4-15)9(16)17)3-7(8)10(12,13)14/h1-3,6H,4,15H2,(H,16,17). The van der Waals surface area contributed by atoms with Crippen LogP contribution >= 0.6 is 0 Å². The molecular weight excluding hydrogens is 242 g/mol. The second-order valence-corrected chi connectivity index (χ2v) is 3.36. The van der Waals surface area contributed by atoms with Gasteiger partial charge < -0.3 is 10.8 Å². The fourth-order valence-electron chi connectivity index (χ4n) is 1.36. The van der Waals surface area contributed by atoms with E-state index in [0.29, 0.717) is 12.1 Å². The van der Waals surface area contributed by atoms with Gasteiger partial charge in [-0.15, -0.1) is 0 Å². The molecule has 3 N–H and O–H groups in total. The molecule has 1 atom stereocenters. The monoisotopic (exact) mass is 251 g/mol. The van der Waals surface area contributed by atoms with Crippen molar-refractivity contribution in [1.82, 2.24) is 0 Å². The van der Waals surface area contributed by atoms with Crippen LogP contribution in [-0.2, 0) is 11.0 Å². The van der Waals surface area contributed by atoms with Crippen LogP contribution in [0.15, 0.2) is 18.2 Å². The molecule has 0 saturated heterocycles. The summed E-state index contributed by atoms with van der Waals surface area (Å²) in [4.78, 5) is 10.7. The summed E-state index contributed by atoms with van der Waals surface area (Å²) in [7, 11) is 0. The van der Waals surface area contributed by atoms with Crippen molar-refractivity contribution in [2.45, 2.75) is 12.1 Å². The molecule has 94 valence electrons. The predicted octanol–water partition coefficient (Wildman–Crippen LogP) is 1.97. The van der Waals surface area contributed by atoms with Gasteiger partial charge in [0.2, 0.25) is 0 Å². The van der Waals surface area contributed by atoms with Gasteiger partial charge in [0.25, 0.3) is 0 Å². The van der Waals surface area contributed by atoms with Gasteiger partial charge in [0.05, 0.1) is 11.5 Å². The second-order valence-electron chi connectivity index (χ2n) is 3.36. The van der Waals surface area contributed by atoms with E-state index in [-0.39, 0.29) is 12.1 Å². The number of halogens is 4. The van der Waals surface area contributed by atoms with Crippen LogP contribution in [0.3, 0.4) is 0 Å². The van der Waals surface area contributed by atoms with E-state index < -0.39 is 29.4 Å². The summed E-state index contributed by atoms with van der Waals surface area (Å²) >= 11 is 0. The van der Waals surface area contributed by atoms with Crippen molar-refractivity contribution in [3.8, 4) is 0 Å². The third kappa shape index (κ3) is 2.94. The minimum absolute atomic E-state index is 0.172. The molecule has 3 nitrogen and oxygen atoms in total. The van der Waals surface area contributed by atoms with E-state index in [9.17, 15) is 22.4 Å². The van der Waals surface area contributed by atoms with Crippen molar-refractivity contribution in [3.05, 3.63) is 35.1 Å². The van der Waals surface area contributed by atoms with Crippen LogP contribution in [0.5, 0.6) is 0 Å². The minimum Gasteiger partial charge on any atom is -0.481 e. The quantitative estimate of drug-likeness (QED) is 0.807. The molecular formula is C10H9F4NO2. The molecule has 0 aliphatic rings. The predicted molar refractivity (Wildman–Crippen MR) is 50.8 cm³/mol. The number of rotatable bonds is 3. The maximum Gasteiger partial charge on any atom is 0.419 e. The highest BCUT2D eigenvalue weighted by Gasteiger charge is 2.35. The first-order valence-corrected chi connectivity index (χ1v) is 4.57. The average molecular weight is 251 g/mol. The topological polar surface area (TPSA) is 63.3 Å². The first-order chi connectivity index (χ1) is 7.77. The lowest BCUT2D eigenvalue weighted by Gasteiger charge is -2.13. The molecule has 1 unspecified atom stereocenters. The number of carbonyl (C=O) groups is 1. The first-order valence-electron chi connectivity index (χ1n) is 4.57. The molecule has 0 aliphatic heterocycles. The molecule has 7 heteroatoms. The number of nitrogens with two attached hydrogens (primary N) is 1. The summed E-state index contributed by atoms with van der Waals surface area (Å²) < 4.78 is 50.1. The number of hydrogen-bond donors (Lipinski definition) is 2. The minimum atomic E-state index is -4.86. The van der Waals surface area contributed by atoms with Gasteiger partial charge in [0.15, 0.2) is 0 Å². The van der Waals surface area contributed by atoms with Crippen LogP contribution < -0.4 is 5.73 Å². The fraction of sp³-hybridized carbons (Fsp3) is 0.300. The van der Waals surface area contributed by atoms with E-state index >= 15 is 0 Å². The molecule has 1 aromatic rings. The Bertz CT molecular complexity index is 431. The number of alkyl halides is 3. The fourth-order valence-corrected chi connectivity index (χ4v) is 1.36. The highest BCUT2D eigenvalue weighted by atomic mass is 19.4. The zero-order chi connectivity index (χ0) is 13.2. The normalized spacial score (nSPS) is 13.5. The summed E-state index contributed by atoms with van der Waals surface area (Å²) in [6.07, 6.45) is -4.86. The Balaban J connectivity index is 3.25. The molecule has 0 heterocycles. The highest BCUT2D eigenvalue weighted by molar-refractivity contribution is 5.76. The van der Waals surface area contributed by atoms with Crippen molar-refractivity contribution in [2.24, 2.45) is 5.73 Å². The number of hydrogen-bond acceptors (Lipinski definition) is 2. The van der Waals surface area contributed by atoms with Crippen LogP contribution in [0.25, 0.3) is 0 Å². The van der Waals surface area contributed by atoms with Gasteiger partial charge in [-0.1, -0.05) is 6.07 Å². The Hall–Kier alpha value is -1.63. The van der Waals surface area contributed by atoms with E-state index in [4.69, 9.17) is 10.8 Å². The van der Waals surface area contributed by atoms with E-state index in [1.54, 1.807) is 0 Å². The molecule has 0 aromatic heterocycles. The Labute approximate surface area is 93.8 Å². The van der Waals surface area contributed by atoms with Gasteiger partial charge in [-0.2, -0.15) is 13.2 Å². The number of carboxylic acids is 1. The molecule has 0 spiro atoms. The lowest BCUT2D eigenvalue weighted by Crippen LogP contribution is -2.22. The molecule has 0 fully saturated rings. The SMILES string of the molecule is NCC(C(=O)O)c1ccc(F)c(C(F)(F)F)c1. The lowest BCUT2D eigenvalue weighted by atomic mass is 9.97. The van der Waals surface area contributed by atoms with Gasteiger partial charge in [0, 0.05) is 6.54 Å². The van der Waals surface area contributed by atoms with Crippen LogP contribution in [0.4, 0.5) is 17.6 Å². The van der Waals surface area contributed by atoms with E-state index in [1.807, 2.05) is 0 Å². The first kappa shape index (κ1) is 13.4. The van der Waals surface area contributed by atoms with Crippen molar-refractivity contribution in [2.75, 3.05) is 6.54 Å². The third-order valence-electron chi connectivity index (χ3n) is 2.23. The van der Waals surface area contributed by atoms with Gasteiger partial charge >= 0.3 is 12.1 Å². The molecule has 0 radical (unpaired) electrons. The largest absolute Gasteiger partial charge is 0.481 e. The van der Waals surface area contributed by atoms with Crippen molar-refractivity contribution in [3.63, 3.8) is 0 Å². The smallest absolute Gasteiger partial charge is 0.419 e. The zero-order valence-corrected chi connectivity index (χ0v) is 8.46. The zero-order valence-electron chi connectivity index (χ0n) is 8.46. The molecule has 17 heavy (non-hydrogen) atoms. The van der Waals surface area contributed by atoms with Gasteiger partial charge in [0.1, 0.15) is 5.82 Å². The Morgan fingerprint density at radius 2 is 2.00 bits per heavy atom. The highest BCUT2D eigenvalue weighted by Crippen LogP contribution is 2.33. The molecule has 0 amide bonds.